The van der Waals surface area contributed by atoms with Crippen molar-refractivity contribution in [3.63, 3.8) is 0 Å². The Bertz CT molecular complexity index is 904. The lowest BCUT2D eigenvalue weighted by atomic mass is 10.0. The Morgan fingerprint density at radius 2 is 1.52 bits per heavy atom. The molecule has 0 aromatic heterocycles. The third-order valence-electron chi connectivity index (χ3n) is 4.71. The van der Waals surface area contributed by atoms with Crippen LogP contribution in [0.3, 0.4) is 0 Å². The zero-order valence-corrected chi connectivity index (χ0v) is 16.0. The van der Waals surface area contributed by atoms with Crippen molar-refractivity contribution in [2.75, 3.05) is 19.8 Å². The summed E-state index contributed by atoms with van der Waals surface area (Å²) < 4.78 is 17.3. The maximum absolute atomic E-state index is 12.4. The lowest BCUT2D eigenvalue weighted by Crippen LogP contribution is -2.28. The average Bonchev–Trinajstić information content (AvgIpc) is 2.79. The van der Waals surface area contributed by atoms with Crippen molar-refractivity contribution in [2.24, 2.45) is 0 Å². The summed E-state index contributed by atoms with van der Waals surface area (Å²) in [5.41, 5.74) is 2.90. The molecule has 4 rings (SSSR count). The van der Waals surface area contributed by atoms with Crippen LogP contribution in [0.2, 0.25) is 0 Å². The fourth-order valence-corrected chi connectivity index (χ4v) is 3.32. The van der Waals surface area contributed by atoms with Gasteiger partial charge in [0.05, 0.1) is 0 Å². The second-order valence-electron chi connectivity index (χ2n) is 6.73. The molecule has 0 spiro atoms. The van der Waals surface area contributed by atoms with Gasteiger partial charge in [0.2, 0.25) is 5.91 Å². The predicted molar refractivity (Wildman–Crippen MR) is 110 cm³/mol. The third-order valence-corrected chi connectivity index (χ3v) is 4.71. The van der Waals surface area contributed by atoms with E-state index >= 15 is 0 Å². The van der Waals surface area contributed by atoms with Crippen LogP contribution >= 0.6 is 0 Å². The van der Waals surface area contributed by atoms with Gasteiger partial charge in [-0.05, 0) is 17.2 Å². The third kappa shape index (κ3) is 4.76. The van der Waals surface area contributed by atoms with Crippen molar-refractivity contribution in [1.82, 2.24) is 5.32 Å². The van der Waals surface area contributed by atoms with Crippen LogP contribution < -0.4 is 14.8 Å². The SMILES string of the molecule is O=C(COC(c1ccccc1)c1ccccc1)NCc1cccc2c1OCCO2. The zero-order chi connectivity index (χ0) is 19.9. The molecule has 5 nitrogen and oxygen atoms in total. The Morgan fingerprint density at radius 1 is 0.862 bits per heavy atom. The van der Waals surface area contributed by atoms with E-state index in [2.05, 4.69) is 5.32 Å². The van der Waals surface area contributed by atoms with Crippen LogP contribution in [0.5, 0.6) is 11.5 Å². The summed E-state index contributed by atoms with van der Waals surface area (Å²) in [6.45, 7) is 1.37. The Balaban J connectivity index is 1.39. The molecule has 0 unspecified atom stereocenters. The molecule has 1 aliphatic heterocycles. The summed E-state index contributed by atoms with van der Waals surface area (Å²) in [6.07, 6.45) is -0.302. The van der Waals surface area contributed by atoms with E-state index in [0.29, 0.717) is 31.3 Å². The van der Waals surface area contributed by atoms with Gasteiger partial charge in [-0.1, -0.05) is 72.8 Å². The molecule has 1 heterocycles. The van der Waals surface area contributed by atoms with Gasteiger partial charge in [0.1, 0.15) is 25.9 Å². The molecule has 0 radical (unpaired) electrons. The fraction of sp³-hybridized carbons (Fsp3) is 0.208. The van der Waals surface area contributed by atoms with Gasteiger partial charge in [-0.2, -0.15) is 0 Å². The highest BCUT2D eigenvalue weighted by Gasteiger charge is 2.18. The molecule has 1 aliphatic rings. The number of hydrogen-bond donors (Lipinski definition) is 1. The molecule has 148 valence electrons. The van der Waals surface area contributed by atoms with Gasteiger partial charge in [-0.3, -0.25) is 4.79 Å². The molecule has 0 atom stereocenters. The lowest BCUT2D eigenvalue weighted by molar-refractivity contribution is -0.127. The first kappa shape index (κ1) is 19.0. The fourth-order valence-electron chi connectivity index (χ4n) is 3.32. The molecular weight excluding hydrogens is 366 g/mol. The second-order valence-corrected chi connectivity index (χ2v) is 6.73. The number of amides is 1. The largest absolute Gasteiger partial charge is 0.486 e. The summed E-state index contributed by atoms with van der Waals surface area (Å²) in [5, 5.41) is 2.91. The minimum Gasteiger partial charge on any atom is -0.486 e. The number of para-hydroxylation sites is 1. The molecule has 3 aromatic carbocycles. The summed E-state index contributed by atoms with van der Waals surface area (Å²) >= 11 is 0. The van der Waals surface area contributed by atoms with E-state index in [1.165, 1.54) is 0 Å². The van der Waals surface area contributed by atoms with Gasteiger partial charge >= 0.3 is 0 Å². The number of rotatable bonds is 7. The van der Waals surface area contributed by atoms with Crippen LogP contribution in [0.25, 0.3) is 0 Å². The van der Waals surface area contributed by atoms with Crippen LogP contribution in [0.15, 0.2) is 78.9 Å². The number of fused-ring (bicyclic) bond motifs is 1. The van der Waals surface area contributed by atoms with Gasteiger partial charge < -0.3 is 19.5 Å². The van der Waals surface area contributed by atoms with Gasteiger partial charge in [0.15, 0.2) is 11.5 Å². The summed E-state index contributed by atoms with van der Waals surface area (Å²) in [5.74, 6) is 1.23. The summed E-state index contributed by atoms with van der Waals surface area (Å²) in [6, 6.07) is 25.5. The van der Waals surface area contributed by atoms with Crippen molar-refractivity contribution in [3.8, 4) is 11.5 Å². The Hall–Kier alpha value is -3.31. The summed E-state index contributed by atoms with van der Waals surface area (Å²) in [7, 11) is 0. The van der Waals surface area contributed by atoms with Crippen LogP contribution in [-0.2, 0) is 16.1 Å². The highest BCUT2D eigenvalue weighted by Crippen LogP contribution is 2.33. The number of benzene rings is 3. The van der Waals surface area contributed by atoms with Gasteiger partial charge in [-0.15, -0.1) is 0 Å². The molecule has 0 saturated carbocycles. The molecular formula is C24H23NO4. The van der Waals surface area contributed by atoms with E-state index in [1.807, 2.05) is 78.9 Å². The Labute approximate surface area is 170 Å². The molecule has 1 amide bonds. The molecule has 0 fully saturated rings. The zero-order valence-electron chi connectivity index (χ0n) is 16.0. The second kappa shape index (κ2) is 9.26. The first-order valence-electron chi connectivity index (χ1n) is 9.67. The minimum absolute atomic E-state index is 0.0408. The van der Waals surface area contributed by atoms with Crippen molar-refractivity contribution in [1.29, 1.82) is 0 Å². The molecule has 3 aromatic rings. The number of nitrogens with one attached hydrogen (secondary N) is 1. The van der Waals surface area contributed by atoms with Crippen molar-refractivity contribution >= 4 is 5.91 Å². The van der Waals surface area contributed by atoms with E-state index in [-0.39, 0.29) is 18.6 Å². The molecule has 0 aliphatic carbocycles. The molecule has 0 saturated heterocycles. The number of ether oxygens (including phenoxy) is 3. The topological polar surface area (TPSA) is 56.8 Å². The highest BCUT2D eigenvalue weighted by molar-refractivity contribution is 5.77. The van der Waals surface area contributed by atoms with E-state index in [1.54, 1.807) is 0 Å². The predicted octanol–water partition coefficient (Wildman–Crippen LogP) is 3.88. The van der Waals surface area contributed by atoms with Gasteiger partial charge in [0, 0.05) is 12.1 Å². The Morgan fingerprint density at radius 3 is 2.21 bits per heavy atom. The van der Waals surface area contributed by atoms with Gasteiger partial charge in [-0.25, -0.2) is 0 Å². The van der Waals surface area contributed by atoms with E-state index in [0.717, 1.165) is 16.7 Å². The molecule has 5 heteroatoms. The standard InChI is InChI=1S/C24H23NO4/c26-22(25-16-20-12-7-13-21-24(20)28-15-14-27-21)17-29-23(18-8-3-1-4-9-18)19-10-5-2-6-11-19/h1-13,23H,14-17H2,(H,25,26). The van der Waals surface area contributed by atoms with Crippen molar-refractivity contribution in [2.45, 2.75) is 12.6 Å². The molecule has 0 bridgehead atoms. The van der Waals surface area contributed by atoms with E-state index in [4.69, 9.17) is 14.2 Å². The quantitative estimate of drug-likeness (QED) is 0.666. The Kier molecular flexibility index (Phi) is 6.07. The number of carbonyl (C=O) groups excluding carboxylic acids is 1. The van der Waals surface area contributed by atoms with Crippen LogP contribution in [0, 0.1) is 0 Å². The number of hydrogen-bond acceptors (Lipinski definition) is 4. The van der Waals surface area contributed by atoms with Gasteiger partial charge in [0.25, 0.3) is 0 Å². The first-order valence-corrected chi connectivity index (χ1v) is 9.67. The van der Waals surface area contributed by atoms with Crippen LogP contribution in [0.1, 0.15) is 22.8 Å². The normalized spacial score (nSPS) is 12.6. The maximum Gasteiger partial charge on any atom is 0.246 e. The maximum atomic E-state index is 12.4. The number of carbonyl (C=O) groups is 1. The highest BCUT2D eigenvalue weighted by atomic mass is 16.6. The average molecular weight is 389 g/mol. The molecule has 1 N–H and O–H groups in total. The first-order chi connectivity index (χ1) is 14.3. The summed E-state index contributed by atoms with van der Waals surface area (Å²) in [4.78, 5) is 12.4. The molecule has 29 heavy (non-hydrogen) atoms. The van der Waals surface area contributed by atoms with Crippen LogP contribution in [0.4, 0.5) is 0 Å². The van der Waals surface area contributed by atoms with E-state index < -0.39 is 0 Å². The van der Waals surface area contributed by atoms with Crippen molar-refractivity contribution < 1.29 is 19.0 Å². The van der Waals surface area contributed by atoms with Crippen LogP contribution in [-0.4, -0.2) is 25.7 Å². The van der Waals surface area contributed by atoms with Crippen molar-refractivity contribution in [3.05, 3.63) is 95.6 Å². The smallest absolute Gasteiger partial charge is 0.246 e. The monoisotopic (exact) mass is 389 g/mol. The van der Waals surface area contributed by atoms with E-state index in [9.17, 15) is 4.79 Å². The lowest BCUT2D eigenvalue weighted by Gasteiger charge is -2.21. The minimum atomic E-state index is -0.302.